The van der Waals surface area contributed by atoms with Crippen LogP contribution in [0.2, 0.25) is 0 Å². The van der Waals surface area contributed by atoms with Crippen LogP contribution in [0, 0.1) is 17.5 Å². The van der Waals surface area contributed by atoms with E-state index in [1.165, 1.54) is 6.20 Å². The van der Waals surface area contributed by atoms with E-state index < -0.39 is 29.2 Å². The number of amides is 2. The Morgan fingerprint density at radius 2 is 1.91 bits per heavy atom. The minimum absolute atomic E-state index is 0.0560. The minimum atomic E-state index is -1.64. The lowest BCUT2D eigenvalue weighted by molar-refractivity contribution is 0.251. The van der Waals surface area contributed by atoms with E-state index in [1.54, 1.807) is 25.1 Å². The second kappa shape index (κ2) is 6.95. The quantitative estimate of drug-likeness (QED) is 0.846. The first-order valence-corrected chi connectivity index (χ1v) is 6.56. The van der Waals surface area contributed by atoms with Gasteiger partial charge in [-0.05, 0) is 18.2 Å². The van der Waals surface area contributed by atoms with E-state index >= 15 is 0 Å². The van der Waals surface area contributed by atoms with Gasteiger partial charge in [-0.15, -0.1) is 0 Å². The Bertz CT molecular complexity index is 724. The highest BCUT2D eigenvalue weighted by Crippen LogP contribution is 2.19. The minimum Gasteiger partial charge on any atom is -0.347 e. The van der Waals surface area contributed by atoms with Crippen molar-refractivity contribution in [3.63, 3.8) is 0 Å². The van der Waals surface area contributed by atoms with E-state index in [4.69, 9.17) is 0 Å². The molecule has 0 aliphatic rings. The van der Waals surface area contributed by atoms with Crippen molar-refractivity contribution in [2.24, 2.45) is 0 Å². The summed E-state index contributed by atoms with van der Waals surface area (Å²) in [4.78, 5) is 21.6. The molecule has 1 aromatic heterocycles. The van der Waals surface area contributed by atoms with E-state index in [1.807, 2.05) is 0 Å². The molecule has 6 nitrogen and oxygen atoms in total. The molecule has 0 aliphatic carbocycles. The van der Waals surface area contributed by atoms with E-state index in [2.05, 4.69) is 20.6 Å². The molecular weight excluding hydrogens is 311 g/mol. The molecule has 0 unspecified atom stereocenters. The van der Waals surface area contributed by atoms with Crippen LogP contribution in [-0.2, 0) is 6.54 Å². The lowest BCUT2D eigenvalue weighted by Gasteiger charge is -2.12. The van der Waals surface area contributed by atoms with Crippen LogP contribution in [0.25, 0.3) is 0 Å². The van der Waals surface area contributed by atoms with Crippen LogP contribution < -0.4 is 15.5 Å². The number of hydrogen-bond acceptors (Lipinski definition) is 4. The molecule has 0 bridgehead atoms. The Morgan fingerprint density at radius 3 is 2.61 bits per heavy atom. The molecule has 23 heavy (non-hydrogen) atoms. The highest BCUT2D eigenvalue weighted by molar-refractivity contribution is 5.89. The molecule has 0 atom stereocenters. The van der Waals surface area contributed by atoms with Crippen LogP contribution in [0.3, 0.4) is 0 Å². The summed E-state index contributed by atoms with van der Waals surface area (Å²) in [6.45, 7) is 0.0560. The number of anilines is 2. The number of urea groups is 1. The summed E-state index contributed by atoms with van der Waals surface area (Å²) in [5, 5.41) is 4.53. The summed E-state index contributed by atoms with van der Waals surface area (Å²) in [6, 6.07) is 2.48. The maximum absolute atomic E-state index is 13.4. The molecule has 0 spiro atoms. The summed E-state index contributed by atoms with van der Waals surface area (Å²) in [6.07, 6.45) is 1.53. The molecule has 2 rings (SSSR count). The van der Waals surface area contributed by atoms with Crippen LogP contribution >= 0.6 is 0 Å². The first-order chi connectivity index (χ1) is 10.9. The number of carbonyl (C=O) groups excluding carboxylic acids is 1. The summed E-state index contributed by atoms with van der Waals surface area (Å²) in [5.41, 5.74) is 0.0719. The van der Waals surface area contributed by atoms with Crippen molar-refractivity contribution in [3.05, 3.63) is 47.5 Å². The molecular formula is C14H14F3N5O. The number of benzene rings is 1. The van der Waals surface area contributed by atoms with Gasteiger partial charge in [-0.25, -0.2) is 27.9 Å². The standard InChI is InChI=1S/C14H14F3N5O/c1-22(2)13-18-6-5-8(20-13)7-19-14(23)21-10-4-3-9(15)11(16)12(10)17/h3-6H,7H2,1-2H3,(H2,19,21,23). The van der Waals surface area contributed by atoms with Gasteiger partial charge >= 0.3 is 6.03 Å². The molecule has 0 aliphatic heterocycles. The zero-order chi connectivity index (χ0) is 17.0. The van der Waals surface area contributed by atoms with E-state index in [0.29, 0.717) is 11.6 Å². The molecule has 0 radical (unpaired) electrons. The van der Waals surface area contributed by atoms with Gasteiger partial charge in [0.25, 0.3) is 0 Å². The zero-order valence-corrected chi connectivity index (χ0v) is 12.4. The Morgan fingerprint density at radius 1 is 1.17 bits per heavy atom. The van der Waals surface area contributed by atoms with Gasteiger partial charge in [0.15, 0.2) is 17.5 Å². The third kappa shape index (κ3) is 4.09. The summed E-state index contributed by atoms with van der Waals surface area (Å²) in [7, 11) is 3.54. The van der Waals surface area contributed by atoms with Crippen LogP contribution in [0.15, 0.2) is 24.4 Å². The van der Waals surface area contributed by atoms with Crippen molar-refractivity contribution in [2.45, 2.75) is 6.54 Å². The first-order valence-electron chi connectivity index (χ1n) is 6.56. The molecule has 0 saturated heterocycles. The maximum Gasteiger partial charge on any atom is 0.319 e. The van der Waals surface area contributed by atoms with Gasteiger partial charge in [-0.1, -0.05) is 0 Å². The molecule has 2 amide bonds. The third-order valence-electron chi connectivity index (χ3n) is 2.81. The van der Waals surface area contributed by atoms with Crippen molar-refractivity contribution in [1.29, 1.82) is 0 Å². The molecule has 0 saturated carbocycles. The predicted octanol–water partition coefficient (Wildman–Crippen LogP) is 2.28. The molecule has 1 aromatic carbocycles. The van der Waals surface area contributed by atoms with Gasteiger partial charge < -0.3 is 15.5 Å². The van der Waals surface area contributed by atoms with Crippen molar-refractivity contribution in [1.82, 2.24) is 15.3 Å². The van der Waals surface area contributed by atoms with Crippen LogP contribution in [0.1, 0.15) is 5.69 Å². The summed E-state index contributed by atoms with van der Waals surface area (Å²) in [5.74, 6) is -3.96. The Hall–Kier alpha value is -2.84. The Labute approximate surface area is 130 Å². The fraction of sp³-hybridized carbons (Fsp3) is 0.214. The fourth-order valence-corrected chi connectivity index (χ4v) is 1.66. The van der Waals surface area contributed by atoms with Crippen molar-refractivity contribution in [2.75, 3.05) is 24.3 Å². The Kier molecular flexibility index (Phi) is 4.99. The maximum atomic E-state index is 13.4. The number of aromatic nitrogens is 2. The summed E-state index contributed by atoms with van der Waals surface area (Å²) < 4.78 is 39.3. The van der Waals surface area contributed by atoms with E-state index in [-0.39, 0.29) is 6.54 Å². The van der Waals surface area contributed by atoms with Gasteiger partial charge in [0.2, 0.25) is 5.95 Å². The number of nitrogens with one attached hydrogen (secondary N) is 2. The zero-order valence-electron chi connectivity index (χ0n) is 12.4. The van der Waals surface area contributed by atoms with Gasteiger partial charge in [-0.3, -0.25) is 0 Å². The second-order valence-electron chi connectivity index (χ2n) is 4.77. The van der Waals surface area contributed by atoms with E-state index in [0.717, 1.165) is 12.1 Å². The molecule has 122 valence electrons. The lowest BCUT2D eigenvalue weighted by atomic mass is 10.3. The number of rotatable bonds is 4. The summed E-state index contributed by atoms with van der Waals surface area (Å²) >= 11 is 0. The largest absolute Gasteiger partial charge is 0.347 e. The number of halogens is 3. The van der Waals surface area contributed by atoms with Crippen LogP contribution in [0.4, 0.5) is 29.6 Å². The topological polar surface area (TPSA) is 70.2 Å². The SMILES string of the molecule is CN(C)c1nccc(CNC(=O)Nc2ccc(F)c(F)c2F)n1. The highest BCUT2D eigenvalue weighted by Gasteiger charge is 2.15. The fourth-order valence-electron chi connectivity index (χ4n) is 1.66. The third-order valence-corrected chi connectivity index (χ3v) is 2.81. The molecule has 2 N–H and O–H groups in total. The average Bonchev–Trinajstić information content (AvgIpc) is 2.54. The molecule has 1 heterocycles. The molecule has 0 fully saturated rings. The first kappa shape index (κ1) is 16.5. The predicted molar refractivity (Wildman–Crippen MR) is 78.5 cm³/mol. The van der Waals surface area contributed by atoms with Gasteiger partial charge in [0.1, 0.15) is 0 Å². The van der Waals surface area contributed by atoms with Crippen molar-refractivity contribution < 1.29 is 18.0 Å². The lowest BCUT2D eigenvalue weighted by Crippen LogP contribution is -2.29. The number of nitrogens with zero attached hydrogens (tertiary/aromatic N) is 3. The van der Waals surface area contributed by atoms with E-state index in [9.17, 15) is 18.0 Å². The van der Waals surface area contributed by atoms with Gasteiger partial charge in [-0.2, -0.15) is 0 Å². The van der Waals surface area contributed by atoms with Crippen molar-refractivity contribution >= 4 is 17.7 Å². The van der Waals surface area contributed by atoms with Crippen molar-refractivity contribution in [3.8, 4) is 0 Å². The Balaban J connectivity index is 1.98. The van der Waals surface area contributed by atoms with Crippen LogP contribution in [0.5, 0.6) is 0 Å². The number of carbonyl (C=O) groups is 1. The highest BCUT2D eigenvalue weighted by atomic mass is 19.2. The smallest absolute Gasteiger partial charge is 0.319 e. The van der Waals surface area contributed by atoms with Gasteiger partial charge in [0.05, 0.1) is 17.9 Å². The van der Waals surface area contributed by atoms with Crippen LogP contribution in [-0.4, -0.2) is 30.1 Å². The monoisotopic (exact) mass is 325 g/mol. The number of hydrogen-bond donors (Lipinski definition) is 2. The molecule has 2 aromatic rings. The average molecular weight is 325 g/mol. The molecule has 9 heteroatoms. The van der Waals surface area contributed by atoms with Gasteiger partial charge in [0, 0.05) is 20.3 Å². The normalized spacial score (nSPS) is 10.3. The second-order valence-corrected chi connectivity index (χ2v) is 4.77.